The fourth-order valence-electron chi connectivity index (χ4n) is 1.43. The van der Waals surface area contributed by atoms with Gasteiger partial charge in [-0.25, -0.2) is 4.99 Å². The molecule has 2 aromatic rings. The number of hydrogen-bond acceptors (Lipinski definition) is 4. The molecule has 2 rings (SSSR count). The summed E-state index contributed by atoms with van der Waals surface area (Å²) in [4.78, 5) is 12.6. The van der Waals surface area contributed by atoms with Gasteiger partial charge in [0.25, 0.3) is 0 Å². The Morgan fingerprint density at radius 1 is 1.05 bits per heavy atom. The van der Waals surface area contributed by atoms with Crippen LogP contribution in [0.1, 0.15) is 11.4 Å². The molecule has 3 N–H and O–H groups in total. The van der Waals surface area contributed by atoms with Gasteiger partial charge in [0.2, 0.25) is 0 Å². The van der Waals surface area contributed by atoms with Crippen LogP contribution in [0.4, 0.5) is 0 Å². The van der Waals surface area contributed by atoms with Gasteiger partial charge in [-0.1, -0.05) is 12.1 Å². The first-order chi connectivity index (χ1) is 9.31. The van der Waals surface area contributed by atoms with Crippen molar-refractivity contribution in [3.8, 4) is 0 Å². The summed E-state index contributed by atoms with van der Waals surface area (Å²) in [6.07, 6.45) is 3.33. The van der Waals surface area contributed by atoms with E-state index in [1.165, 1.54) is 0 Å². The Kier molecular flexibility index (Phi) is 4.17. The highest BCUT2D eigenvalue weighted by Crippen LogP contribution is 2.00. The topological polar surface area (TPSA) is 88.5 Å². The minimum atomic E-state index is 0.292. The van der Waals surface area contributed by atoms with Crippen molar-refractivity contribution in [2.24, 2.45) is 15.8 Å². The van der Waals surface area contributed by atoms with Gasteiger partial charge >= 0.3 is 0 Å². The van der Waals surface area contributed by atoms with Crippen LogP contribution in [0.2, 0.25) is 0 Å². The number of nitrogens with zero attached hydrogens (tertiary/aromatic N) is 4. The quantitative estimate of drug-likeness (QED) is 0.481. The lowest BCUT2D eigenvalue weighted by Crippen LogP contribution is -2.19. The van der Waals surface area contributed by atoms with Gasteiger partial charge in [-0.15, -0.1) is 0 Å². The first-order valence-corrected chi connectivity index (χ1v) is 5.72. The molecule has 0 atom stereocenters. The Morgan fingerprint density at radius 3 is 2.21 bits per heavy atom. The lowest BCUT2D eigenvalue weighted by atomic mass is 10.3. The molecule has 0 fully saturated rings. The highest BCUT2D eigenvalue weighted by molar-refractivity contribution is 6.09. The second-order valence-corrected chi connectivity index (χ2v) is 3.59. The minimum Gasteiger partial charge on any atom is -0.382 e. The van der Waals surface area contributed by atoms with Crippen LogP contribution < -0.4 is 11.2 Å². The summed E-state index contributed by atoms with van der Waals surface area (Å²) in [5, 5.41) is 4.07. The lowest BCUT2D eigenvalue weighted by Gasteiger charge is -2.03. The van der Waals surface area contributed by atoms with Crippen molar-refractivity contribution in [1.82, 2.24) is 15.4 Å². The summed E-state index contributed by atoms with van der Waals surface area (Å²) in [5.74, 6) is 0.700. The van der Waals surface area contributed by atoms with Gasteiger partial charge in [0.1, 0.15) is 11.4 Å². The number of hydrazone groups is 1. The van der Waals surface area contributed by atoms with Crippen LogP contribution >= 0.6 is 0 Å². The molecule has 0 saturated heterocycles. The molecule has 19 heavy (non-hydrogen) atoms. The zero-order chi connectivity index (χ0) is 13.5. The Bertz CT molecular complexity index is 577. The first-order valence-electron chi connectivity index (χ1n) is 5.72. The third-order valence-corrected chi connectivity index (χ3v) is 2.27. The first kappa shape index (κ1) is 12.7. The zero-order valence-electron chi connectivity index (χ0n) is 10.5. The number of aromatic nitrogens is 2. The van der Waals surface area contributed by atoms with Crippen LogP contribution in [0.15, 0.2) is 58.9 Å². The number of aliphatic imine (C=N–C) groups is 1. The summed E-state index contributed by atoms with van der Waals surface area (Å²) in [6, 6.07) is 10.9. The summed E-state index contributed by atoms with van der Waals surface area (Å²) >= 11 is 0. The van der Waals surface area contributed by atoms with E-state index in [1.54, 1.807) is 25.5 Å². The molecule has 2 heterocycles. The van der Waals surface area contributed by atoms with Crippen LogP contribution in [0.3, 0.4) is 0 Å². The molecule has 96 valence electrons. The minimum absolute atomic E-state index is 0.292. The number of rotatable bonds is 3. The van der Waals surface area contributed by atoms with Gasteiger partial charge in [0, 0.05) is 19.4 Å². The lowest BCUT2D eigenvalue weighted by molar-refractivity contribution is 0.895. The maximum atomic E-state index is 5.91. The predicted octanol–water partition coefficient (Wildman–Crippen LogP) is 0.763. The van der Waals surface area contributed by atoms with E-state index in [9.17, 15) is 0 Å². The highest BCUT2D eigenvalue weighted by Gasteiger charge is 2.06. The largest absolute Gasteiger partial charge is 0.382 e. The number of pyridine rings is 2. The molecule has 0 aliphatic rings. The molecule has 2 aromatic heterocycles. The normalized spacial score (nSPS) is 12.3. The smallest absolute Gasteiger partial charge is 0.199 e. The van der Waals surface area contributed by atoms with E-state index in [4.69, 9.17) is 5.73 Å². The van der Waals surface area contributed by atoms with E-state index < -0.39 is 0 Å². The van der Waals surface area contributed by atoms with E-state index in [-0.39, 0.29) is 0 Å². The summed E-state index contributed by atoms with van der Waals surface area (Å²) < 4.78 is 0. The van der Waals surface area contributed by atoms with Gasteiger partial charge in [-0.2, -0.15) is 5.10 Å². The van der Waals surface area contributed by atoms with Crippen LogP contribution in [0.25, 0.3) is 0 Å². The SMILES string of the molecule is CNN=C(N=C(N)c1ccccn1)c1ccccn1. The molecule has 0 bridgehead atoms. The summed E-state index contributed by atoms with van der Waals surface area (Å²) in [5.41, 5.74) is 9.84. The van der Waals surface area contributed by atoms with Crippen molar-refractivity contribution in [3.05, 3.63) is 60.2 Å². The molecule has 0 spiro atoms. The van der Waals surface area contributed by atoms with Gasteiger partial charge in [-0.05, 0) is 24.3 Å². The van der Waals surface area contributed by atoms with Crippen molar-refractivity contribution in [2.45, 2.75) is 0 Å². The van der Waals surface area contributed by atoms with E-state index in [0.717, 1.165) is 0 Å². The molecule has 0 radical (unpaired) electrons. The Balaban J connectivity index is 2.35. The molecule has 0 saturated carbocycles. The maximum absolute atomic E-state index is 5.91. The molecule has 0 unspecified atom stereocenters. The molecule has 0 amide bonds. The summed E-state index contributed by atoms with van der Waals surface area (Å²) in [7, 11) is 1.69. The third-order valence-electron chi connectivity index (χ3n) is 2.27. The van der Waals surface area contributed by atoms with Crippen molar-refractivity contribution < 1.29 is 0 Å². The maximum Gasteiger partial charge on any atom is 0.199 e. The van der Waals surface area contributed by atoms with Crippen molar-refractivity contribution >= 4 is 11.7 Å². The molecule has 0 aliphatic heterocycles. The van der Waals surface area contributed by atoms with Gasteiger partial charge in [-0.3, -0.25) is 9.97 Å². The number of hydrogen-bond donors (Lipinski definition) is 2. The molecular formula is C13H14N6. The highest BCUT2D eigenvalue weighted by atomic mass is 15.3. The Hall–Kier alpha value is -2.76. The van der Waals surface area contributed by atoms with Crippen LogP contribution in [0.5, 0.6) is 0 Å². The van der Waals surface area contributed by atoms with Crippen molar-refractivity contribution in [1.29, 1.82) is 0 Å². The van der Waals surface area contributed by atoms with E-state index >= 15 is 0 Å². The van der Waals surface area contributed by atoms with E-state index in [1.807, 2.05) is 30.3 Å². The molecule has 0 aliphatic carbocycles. The van der Waals surface area contributed by atoms with E-state index in [0.29, 0.717) is 23.1 Å². The van der Waals surface area contributed by atoms with Gasteiger partial charge in [0.05, 0.1) is 0 Å². The number of amidine groups is 2. The molecule has 0 aromatic carbocycles. The zero-order valence-corrected chi connectivity index (χ0v) is 10.5. The van der Waals surface area contributed by atoms with Crippen LogP contribution in [-0.2, 0) is 0 Å². The molecule has 6 nitrogen and oxygen atoms in total. The second-order valence-electron chi connectivity index (χ2n) is 3.59. The monoisotopic (exact) mass is 254 g/mol. The number of nitrogens with one attached hydrogen (secondary N) is 1. The van der Waals surface area contributed by atoms with Gasteiger partial charge < -0.3 is 11.2 Å². The second kappa shape index (κ2) is 6.25. The fourth-order valence-corrected chi connectivity index (χ4v) is 1.43. The molecule has 6 heteroatoms. The summed E-state index contributed by atoms with van der Waals surface area (Å²) in [6.45, 7) is 0. The van der Waals surface area contributed by atoms with E-state index in [2.05, 4.69) is 25.5 Å². The average Bonchev–Trinajstić information content (AvgIpc) is 2.48. The third kappa shape index (κ3) is 3.35. The van der Waals surface area contributed by atoms with Crippen LogP contribution in [-0.4, -0.2) is 28.7 Å². The van der Waals surface area contributed by atoms with Crippen molar-refractivity contribution in [2.75, 3.05) is 7.05 Å². The average molecular weight is 254 g/mol. The van der Waals surface area contributed by atoms with Crippen molar-refractivity contribution in [3.63, 3.8) is 0 Å². The predicted molar refractivity (Wildman–Crippen MR) is 74.8 cm³/mol. The molecular weight excluding hydrogens is 240 g/mol. The standard InChI is InChI=1S/C13H14N6/c1-15-19-13(11-7-3-5-9-17-11)18-12(14)10-6-2-4-8-16-10/h2-9,15H,1H3,(H2,14,18,19). The fraction of sp³-hybridized carbons (Fsp3) is 0.0769. The number of nitrogens with two attached hydrogens (primary N) is 1. The Labute approximate surface area is 111 Å². The Morgan fingerprint density at radius 2 is 1.68 bits per heavy atom. The van der Waals surface area contributed by atoms with Gasteiger partial charge in [0.15, 0.2) is 11.7 Å². The van der Waals surface area contributed by atoms with Crippen LogP contribution in [0, 0.1) is 0 Å².